The number of aromatic nitrogens is 2. The van der Waals surface area contributed by atoms with Crippen molar-refractivity contribution in [3.8, 4) is 5.75 Å². The van der Waals surface area contributed by atoms with E-state index in [-0.39, 0.29) is 0 Å². The van der Waals surface area contributed by atoms with Gasteiger partial charge in [-0.25, -0.2) is 9.97 Å². The summed E-state index contributed by atoms with van der Waals surface area (Å²) >= 11 is 0. The van der Waals surface area contributed by atoms with E-state index in [1.165, 1.54) is 16.7 Å². The lowest BCUT2D eigenvalue weighted by Crippen LogP contribution is -2.31. The first kappa shape index (κ1) is 17.5. The fourth-order valence-corrected chi connectivity index (χ4v) is 3.44. The van der Waals surface area contributed by atoms with Gasteiger partial charge in [0.2, 0.25) is 5.95 Å². The topological polar surface area (TPSA) is 50.3 Å². The summed E-state index contributed by atoms with van der Waals surface area (Å²) in [4.78, 5) is 11.7. The van der Waals surface area contributed by atoms with Crippen molar-refractivity contribution in [3.05, 3.63) is 77.1 Å². The van der Waals surface area contributed by atoms with Gasteiger partial charge >= 0.3 is 0 Å². The Hall–Kier alpha value is -2.92. The van der Waals surface area contributed by atoms with Crippen LogP contribution in [-0.4, -0.2) is 28.5 Å². The van der Waals surface area contributed by atoms with Gasteiger partial charge in [-0.15, -0.1) is 0 Å². The molecule has 0 unspecified atom stereocenters. The summed E-state index contributed by atoms with van der Waals surface area (Å²) < 4.78 is 5.19. The molecule has 0 bridgehead atoms. The first-order valence-corrected chi connectivity index (χ1v) is 9.23. The van der Waals surface area contributed by atoms with Crippen molar-refractivity contribution >= 4 is 11.6 Å². The minimum atomic E-state index is 0.644. The number of ether oxygens (including phenoxy) is 1. The molecule has 0 saturated heterocycles. The Morgan fingerprint density at radius 1 is 1.15 bits per heavy atom. The van der Waals surface area contributed by atoms with Crippen molar-refractivity contribution in [1.82, 2.24) is 14.9 Å². The third kappa shape index (κ3) is 4.26. The summed E-state index contributed by atoms with van der Waals surface area (Å²) in [5, 5.41) is 3.27. The van der Waals surface area contributed by atoms with Crippen molar-refractivity contribution < 1.29 is 4.74 Å². The van der Waals surface area contributed by atoms with Crippen LogP contribution in [0.2, 0.25) is 0 Å². The van der Waals surface area contributed by atoms with Crippen LogP contribution < -0.4 is 10.1 Å². The van der Waals surface area contributed by atoms with Crippen LogP contribution in [0.15, 0.2) is 54.7 Å². The number of hydrogen-bond acceptors (Lipinski definition) is 5. The van der Waals surface area contributed by atoms with Crippen molar-refractivity contribution in [2.75, 3.05) is 19.0 Å². The van der Waals surface area contributed by atoms with Crippen molar-refractivity contribution in [1.29, 1.82) is 0 Å². The number of nitrogens with one attached hydrogen (secondary N) is 1. The lowest BCUT2D eigenvalue weighted by atomic mass is 10.1. The molecule has 1 aliphatic rings. The molecule has 4 rings (SSSR count). The molecule has 0 fully saturated rings. The predicted molar refractivity (Wildman–Crippen MR) is 107 cm³/mol. The Bertz CT molecular complexity index is 924. The van der Waals surface area contributed by atoms with E-state index in [1.54, 1.807) is 7.11 Å². The smallest absolute Gasteiger partial charge is 0.227 e. The standard InChI is InChI=1S/C22H24N4O/c1-16-4-3-5-17(12-16)14-26-11-10-21-18(15-26)13-23-22(25-21)24-19-6-8-20(27-2)9-7-19/h3-9,12-13H,10-11,14-15H2,1-2H3,(H,23,24,25). The number of methoxy groups -OCH3 is 1. The Balaban J connectivity index is 1.43. The number of anilines is 2. The number of benzene rings is 2. The fourth-order valence-electron chi connectivity index (χ4n) is 3.44. The monoisotopic (exact) mass is 360 g/mol. The Morgan fingerprint density at radius 2 is 2.00 bits per heavy atom. The number of rotatable bonds is 5. The molecule has 0 atom stereocenters. The maximum absolute atomic E-state index is 5.19. The van der Waals surface area contributed by atoms with Crippen LogP contribution >= 0.6 is 0 Å². The van der Waals surface area contributed by atoms with E-state index in [2.05, 4.69) is 46.4 Å². The van der Waals surface area contributed by atoms with Crippen LogP contribution in [0.3, 0.4) is 0 Å². The Kier molecular flexibility index (Phi) is 5.03. The summed E-state index contributed by atoms with van der Waals surface area (Å²) in [5.41, 5.74) is 5.97. The first-order chi connectivity index (χ1) is 13.2. The average Bonchev–Trinajstić information content (AvgIpc) is 2.69. The van der Waals surface area contributed by atoms with Gasteiger partial charge in [-0.3, -0.25) is 4.90 Å². The van der Waals surface area contributed by atoms with Gasteiger partial charge in [0.25, 0.3) is 0 Å². The van der Waals surface area contributed by atoms with Crippen LogP contribution in [-0.2, 0) is 19.5 Å². The van der Waals surface area contributed by atoms with Crippen LogP contribution in [0.4, 0.5) is 11.6 Å². The molecule has 0 radical (unpaired) electrons. The zero-order valence-corrected chi connectivity index (χ0v) is 15.8. The van der Waals surface area contributed by atoms with E-state index in [0.717, 1.165) is 43.2 Å². The second kappa shape index (κ2) is 7.76. The number of nitrogens with zero attached hydrogens (tertiary/aromatic N) is 3. The molecule has 0 amide bonds. The van der Waals surface area contributed by atoms with Gasteiger partial charge < -0.3 is 10.1 Å². The fraction of sp³-hybridized carbons (Fsp3) is 0.273. The van der Waals surface area contributed by atoms with E-state index in [0.29, 0.717) is 5.95 Å². The van der Waals surface area contributed by atoms with Crippen molar-refractivity contribution in [3.63, 3.8) is 0 Å². The minimum absolute atomic E-state index is 0.644. The molecule has 1 N–H and O–H groups in total. The molecule has 3 aromatic rings. The molecule has 0 saturated carbocycles. The summed E-state index contributed by atoms with van der Waals surface area (Å²) in [6, 6.07) is 16.5. The van der Waals surface area contributed by atoms with Gasteiger partial charge in [0, 0.05) is 43.5 Å². The van der Waals surface area contributed by atoms with Crippen molar-refractivity contribution in [2.24, 2.45) is 0 Å². The van der Waals surface area contributed by atoms with Gasteiger partial charge in [0.1, 0.15) is 5.75 Å². The summed E-state index contributed by atoms with van der Waals surface area (Å²) in [5.74, 6) is 1.48. The van der Waals surface area contributed by atoms with E-state index >= 15 is 0 Å². The lowest BCUT2D eigenvalue weighted by molar-refractivity contribution is 0.243. The summed E-state index contributed by atoms with van der Waals surface area (Å²) in [7, 11) is 1.66. The van der Waals surface area contributed by atoms with E-state index < -0.39 is 0 Å². The SMILES string of the molecule is COc1ccc(Nc2ncc3c(n2)CCN(Cc2cccc(C)c2)C3)cc1. The highest BCUT2D eigenvalue weighted by atomic mass is 16.5. The first-order valence-electron chi connectivity index (χ1n) is 9.23. The van der Waals surface area contributed by atoms with E-state index in [4.69, 9.17) is 9.72 Å². The van der Waals surface area contributed by atoms with Crippen LogP contribution in [0.5, 0.6) is 5.75 Å². The molecular weight excluding hydrogens is 336 g/mol. The number of aryl methyl sites for hydroxylation is 1. The van der Waals surface area contributed by atoms with Gasteiger partial charge in [0.05, 0.1) is 12.8 Å². The highest BCUT2D eigenvalue weighted by Crippen LogP contribution is 2.22. The highest BCUT2D eigenvalue weighted by Gasteiger charge is 2.18. The van der Waals surface area contributed by atoms with Crippen molar-refractivity contribution in [2.45, 2.75) is 26.4 Å². The van der Waals surface area contributed by atoms with Crippen LogP contribution in [0.1, 0.15) is 22.4 Å². The predicted octanol–water partition coefficient (Wildman–Crippen LogP) is 4.10. The summed E-state index contributed by atoms with van der Waals surface area (Å²) in [6.45, 7) is 5.01. The Labute approximate surface area is 160 Å². The highest BCUT2D eigenvalue weighted by molar-refractivity contribution is 5.54. The molecule has 2 aromatic carbocycles. The van der Waals surface area contributed by atoms with Crippen LogP contribution in [0, 0.1) is 6.92 Å². The molecule has 27 heavy (non-hydrogen) atoms. The third-order valence-corrected chi connectivity index (χ3v) is 4.85. The number of hydrogen-bond donors (Lipinski definition) is 1. The lowest BCUT2D eigenvalue weighted by Gasteiger charge is -2.28. The minimum Gasteiger partial charge on any atom is -0.497 e. The van der Waals surface area contributed by atoms with Gasteiger partial charge in [-0.2, -0.15) is 0 Å². The average molecular weight is 360 g/mol. The van der Waals surface area contributed by atoms with Crippen LogP contribution in [0.25, 0.3) is 0 Å². The molecule has 1 aromatic heterocycles. The molecule has 2 heterocycles. The second-order valence-corrected chi connectivity index (χ2v) is 6.97. The normalized spacial score (nSPS) is 13.9. The molecule has 138 valence electrons. The Morgan fingerprint density at radius 3 is 2.78 bits per heavy atom. The molecule has 5 heteroatoms. The quantitative estimate of drug-likeness (QED) is 0.742. The molecular formula is C22H24N4O. The maximum atomic E-state index is 5.19. The maximum Gasteiger partial charge on any atom is 0.227 e. The third-order valence-electron chi connectivity index (χ3n) is 4.85. The largest absolute Gasteiger partial charge is 0.497 e. The van der Waals surface area contributed by atoms with Gasteiger partial charge in [0.15, 0.2) is 0 Å². The van der Waals surface area contributed by atoms with E-state index in [9.17, 15) is 0 Å². The van der Waals surface area contributed by atoms with E-state index in [1.807, 2.05) is 30.5 Å². The number of fused-ring (bicyclic) bond motifs is 1. The van der Waals surface area contributed by atoms with Gasteiger partial charge in [-0.05, 0) is 36.8 Å². The molecule has 5 nitrogen and oxygen atoms in total. The molecule has 0 aliphatic carbocycles. The summed E-state index contributed by atoms with van der Waals surface area (Å²) in [6.07, 6.45) is 2.90. The molecule has 0 spiro atoms. The zero-order valence-electron chi connectivity index (χ0n) is 15.8. The molecule has 1 aliphatic heterocycles. The van der Waals surface area contributed by atoms with Gasteiger partial charge in [-0.1, -0.05) is 29.8 Å². The second-order valence-electron chi connectivity index (χ2n) is 6.97. The zero-order chi connectivity index (χ0) is 18.6.